The van der Waals surface area contributed by atoms with E-state index in [9.17, 15) is 0 Å². The summed E-state index contributed by atoms with van der Waals surface area (Å²) in [6.45, 7) is 11.4. The molecule has 1 atom stereocenters. The van der Waals surface area contributed by atoms with Crippen molar-refractivity contribution >= 4 is 43.3 Å². The molecular weight excluding hydrogens is 496 g/mol. The highest BCUT2D eigenvalue weighted by Crippen LogP contribution is 2.30. The number of anilines is 1. The lowest BCUT2D eigenvalue weighted by Crippen LogP contribution is -2.49. The number of benzene rings is 1. The van der Waals surface area contributed by atoms with E-state index in [2.05, 4.69) is 71.9 Å². The van der Waals surface area contributed by atoms with E-state index in [0.29, 0.717) is 6.04 Å². The number of nitrogens with zero attached hydrogens (tertiary/aromatic N) is 4. The molecule has 1 unspecified atom stereocenters. The van der Waals surface area contributed by atoms with Gasteiger partial charge in [-0.25, -0.2) is 4.98 Å². The molecule has 2 aliphatic rings. The van der Waals surface area contributed by atoms with Crippen LogP contribution in [0, 0.1) is 0 Å². The highest BCUT2D eigenvalue weighted by molar-refractivity contribution is 9.10. The Kier molecular flexibility index (Phi) is 7.37. The van der Waals surface area contributed by atoms with Crippen LogP contribution in [0.4, 0.5) is 5.13 Å². The number of aromatic amines is 1. The largest absolute Gasteiger partial charge is 0.375 e. The fourth-order valence-electron chi connectivity index (χ4n) is 5.42. The van der Waals surface area contributed by atoms with Gasteiger partial charge >= 0.3 is 0 Å². The zero-order chi connectivity index (χ0) is 22.8. The lowest BCUT2D eigenvalue weighted by molar-refractivity contribution is 0.101. The number of nitrogens with one attached hydrogen (secondary N) is 1. The van der Waals surface area contributed by atoms with Crippen LogP contribution in [0.25, 0.3) is 10.9 Å². The first-order valence-corrected chi connectivity index (χ1v) is 13.9. The van der Waals surface area contributed by atoms with Crippen LogP contribution in [0.15, 0.2) is 28.9 Å². The topological polar surface area (TPSA) is 64.4 Å². The van der Waals surface area contributed by atoms with Crippen LogP contribution in [-0.4, -0.2) is 76.5 Å². The fourth-order valence-corrected chi connectivity index (χ4v) is 6.73. The third kappa shape index (κ3) is 5.46. The molecular formula is C25H35BrN6S. The van der Waals surface area contributed by atoms with Crippen molar-refractivity contribution < 1.29 is 0 Å². The summed E-state index contributed by atoms with van der Waals surface area (Å²) in [6, 6.07) is 7.12. The minimum Gasteiger partial charge on any atom is -0.375 e. The Labute approximate surface area is 209 Å². The molecule has 1 aliphatic heterocycles. The quantitative estimate of drug-likeness (QED) is 0.453. The van der Waals surface area contributed by atoms with Gasteiger partial charge in [0.1, 0.15) is 0 Å². The van der Waals surface area contributed by atoms with Crippen molar-refractivity contribution in [2.45, 2.75) is 45.2 Å². The number of hydrogen-bond donors (Lipinski definition) is 2. The number of aryl methyl sites for hydroxylation is 1. The Morgan fingerprint density at radius 2 is 2.03 bits per heavy atom. The monoisotopic (exact) mass is 530 g/mol. The molecule has 1 fully saturated rings. The van der Waals surface area contributed by atoms with Crippen molar-refractivity contribution in [1.29, 1.82) is 0 Å². The van der Waals surface area contributed by atoms with E-state index < -0.39 is 0 Å². The molecule has 3 aromatic rings. The van der Waals surface area contributed by atoms with Crippen molar-refractivity contribution in [3.63, 3.8) is 0 Å². The van der Waals surface area contributed by atoms with Gasteiger partial charge in [-0.15, -0.1) is 11.3 Å². The molecule has 3 heterocycles. The van der Waals surface area contributed by atoms with Crippen LogP contribution in [-0.2, 0) is 19.4 Å². The lowest BCUT2D eigenvalue weighted by atomic mass is 9.96. The van der Waals surface area contributed by atoms with Crippen LogP contribution in [0.1, 0.15) is 35.9 Å². The van der Waals surface area contributed by atoms with Gasteiger partial charge in [0, 0.05) is 78.3 Å². The number of hydrogen-bond acceptors (Lipinski definition) is 6. The van der Waals surface area contributed by atoms with E-state index in [1.165, 1.54) is 59.5 Å². The summed E-state index contributed by atoms with van der Waals surface area (Å²) in [6.07, 6.45) is 6.81. The molecule has 1 aliphatic carbocycles. The molecule has 5 rings (SSSR count). The predicted octanol–water partition coefficient (Wildman–Crippen LogP) is 4.36. The summed E-state index contributed by atoms with van der Waals surface area (Å²) >= 11 is 5.31. The molecule has 8 heteroatoms. The van der Waals surface area contributed by atoms with Crippen LogP contribution in [0.3, 0.4) is 0 Å². The Hall–Kier alpha value is -1.45. The first-order valence-electron chi connectivity index (χ1n) is 12.3. The standard InChI is InChI=1S/C25H35BrN6S/c1-2-7-32(20-4-6-23-24(15-20)33-25(27)29-23)13-12-30-8-10-31(11-9-30)17-18-16-28-22-5-3-19(26)14-21(18)22/h3,5,14,16,20,28H,2,4,6-13,15,17H2,1H3,(H2,27,29). The molecule has 2 aromatic heterocycles. The number of halogens is 1. The number of aromatic nitrogens is 2. The summed E-state index contributed by atoms with van der Waals surface area (Å²) in [5.41, 5.74) is 9.83. The molecule has 1 saturated heterocycles. The zero-order valence-corrected chi connectivity index (χ0v) is 21.9. The summed E-state index contributed by atoms with van der Waals surface area (Å²) in [5, 5.41) is 2.07. The number of rotatable bonds is 8. The molecule has 0 saturated carbocycles. The van der Waals surface area contributed by atoms with Crippen molar-refractivity contribution in [2.75, 3.05) is 51.5 Å². The third-order valence-corrected chi connectivity index (χ3v) is 8.69. The van der Waals surface area contributed by atoms with Gasteiger partial charge in [0.15, 0.2) is 5.13 Å². The lowest BCUT2D eigenvalue weighted by Gasteiger charge is -2.38. The smallest absolute Gasteiger partial charge is 0.180 e. The average molecular weight is 532 g/mol. The number of nitrogen functional groups attached to an aromatic ring is 1. The number of thiazole rings is 1. The van der Waals surface area contributed by atoms with Crippen molar-refractivity contribution in [1.82, 2.24) is 24.7 Å². The highest BCUT2D eigenvalue weighted by Gasteiger charge is 2.27. The maximum atomic E-state index is 5.96. The molecule has 1 aromatic carbocycles. The van der Waals surface area contributed by atoms with E-state index in [1.807, 2.05) is 0 Å². The normalized spacial score (nSPS) is 20.0. The minimum atomic E-state index is 0.639. The van der Waals surface area contributed by atoms with Crippen LogP contribution >= 0.6 is 27.3 Å². The van der Waals surface area contributed by atoms with Gasteiger partial charge in [-0.1, -0.05) is 22.9 Å². The van der Waals surface area contributed by atoms with Crippen LogP contribution in [0.5, 0.6) is 0 Å². The second-order valence-corrected chi connectivity index (χ2v) is 11.5. The molecule has 6 nitrogen and oxygen atoms in total. The van der Waals surface area contributed by atoms with E-state index in [1.54, 1.807) is 11.3 Å². The molecule has 0 amide bonds. The van der Waals surface area contributed by atoms with Crippen molar-refractivity contribution in [2.24, 2.45) is 0 Å². The molecule has 3 N–H and O–H groups in total. The minimum absolute atomic E-state index is 0.639. The van der Waals surface area contributed by atoms with E-state index in [4.69, 9.17) is 5.73 Å². The van der Waals surface area contributed by atoms with E-state index >= 15 is 0 Å². The molecule has 0 bridgehead atoms. The van der Waals surface area contributed by atoms with Gasteiger partial charge in [0.25, 0.3) is 0 Å². The predicted molar refractivity (Wildman–Crippen MR) is 142 cm³/mol. The highest BCUT2D eigenvalue weighted by atomic mass is 79.9. The Bertz CT molecular complexity index is 1070. The Morgan fingerprint density at radius 1 is 1.21 bits per heavy atom. The third-order valence-electron chi connectivity index (χ3n) is 7.25. The SMILES string of the molecule is CCCN(CCN1CCN(Cc2c[nH]c3ccc(Br)cc23)CC1)C1CCc2nc(N)sc2C1. The van der Waals surface area contributed by atoms with E-state index in [0.717, 1.165) is 55.2 Å². The van der Waals surface area contributed by atoms with Gasteiger partial charge in [0.05, 0.1) is 5.69 Å². The molecule has 0 spiro atoms. The van der Waals surface area contributed by atoms with Gasteiger partial charge in [0.2, 0.25) is 0 Å². The fraction of sp³-hybridized carbons (Fsp3) is 0.560. The summed E-state index contributed by atoms with van der Waals surface area (Å²) < 4.78 is 1.14. The second kappa shape index (κ2) is 10.4. The van der Waals surface area contributed by atoms with E-state index in [-0.39, 0.29) is 0 Å². The Balaban J connectivity index is 1.11. The zero-order valence-electron chi connectivity index (χ0n) is 19.5. The van der Waals surface area contributed by atoms with Crippen LogP contribution < -0.4 is 5.73 Å². The number of piperazine rings is 1. The molecule has 178 valence electrons. The molecule has 33 heavy (non-hydrogen) atoms. The Morgan fingerprint density at radius 3 is 2.85 bits per heavy atom. The first kappa shape index (κ1) is 23.3. The van der Waals surface area contributed by atoms with Gasteiger partial charge in [-0.3, -0.25) is 14.7 Å². The summed E-state index contributed by atoms with van der Waals surface area (Å²) in [7, 11) is 0. The van der Waals surface area contributed by atoms with Crippen LogP contribution in [0.2, 0.25) is 0 Å². The van der Waals surface area contributed by atoms with Gasteiger partial charge in [-0.05, 0) is 56.0 Å². The summed E-state index contributed by atoms with van der Waals surface area (Å²) in [5.74, 6) is 0. The number of nitrogens with two attached hydrogens (primary N) is 1. The van der Waals surface area contributed by atoms with Crippen molar-refractivity contribution in [3.05, 3.63) is 45.0 Å². The average Bonchev–Trinajstić information content (AvgIpc) is 3.39. The van der Waals surface area contributed by atoms with Crippen molar-refractivity contribution in [3.8, 4) is 0 Å². The maximum absolute atomic E-state index is 5.96. The van der Waals surface area contributed by atoms with Gasteiger partial charge < -0.3 is 10.7 Å². The number of H-pyrrole nitrogens is 1. The van der Waals surface area contributed by atoms with Gasteiger partial charge in [-0.2, -0.15) is 0 Å². The summed E-state index contributed by atoms with van der Waals surface area (Å²) in [4.78, 5) is 17.4. The second-order valence-electron chi connectivity index (χ2n) is 9.48. The molecule has 0 radical (unpaired) electrons. The maximum Gasteiger partial charge on any atom is 0.180 e. The number of fused-ring (bicyclic) bond motifs is 2. The first-order chi connectivity index (χ1) is 16.1.